The minimum Gasteiger partial charge on any atom is -0.366 e. The molecule has 2 amide bonds. The van der Waals surface area contributed by atoms with Gasteiger partial charge in [-0.1, -0.05) is 54.6 Å². The predicted octanol–water partition coefficient (Wildman–Crippen LogP) is 3.32. The molecule has 33 heavy (non-hydrogen) atoms. The number of hydrogen-bond donors (Lipinski definition) is 1. The molecule has 1 atom stereocenters. The predicted molar refractivity (Wildman–Crippen MR) is 126 cm³/mol. The Morgan fingerprint density at radius 1 is 0.970 bits per heavy atom. The summed E-state index contributed by atoms with van der Waals surface area (Å²) in [7, 11) is 0. The van der Waals surface area contributed by atoms with Gasteiger partial charge in [-0.2, -0.15) is 4.80 Å². The average molecular weight is 457 g/mol. The first-order valence-corrected chi connectivity index (χ1v) is 11.4. The maximum atomic E-state index is 13.5. The summed E-state index contributed by atoms with van der Waals surface area (Å²) in [6, 6.07) is 24.5. The number of para-hydroxylation sites is 1. The van der Waals surface area contributed by atoms with Crippen molar-refractivity contribution in [1.29, 1.82) is 0 Å². The number of nitrogens with two attached hydrogens (primary N) is 1. The first-order valence-electron chi connectivity index (χ1n) is 10.4. The Bertz CT molecular complexity index is 1310. The normalized spacial score (nSPS) is 15.2. The van der Waals surface area contributed by atoms with Gasteiger partial charge in [0.2, 0.25) is 11.7 Å². The molecule has 0 radical (unpaired) electrons. The second kappa shape index (κ2) is 8.87. The Labute approximate surface area is 194 Å². The summed E-state index contributed by atoms with van der Waals surface area (Å²) in [5.74, 6) is 0.504. The quantitative estimate of drug-likeness (QED) is 0.494. The van der Waals surface area contributed by atoms with E-state index in [0.717, 1.165) is 21.9 Å². The van der Waals surface area contributed by atoms with Crippen molar-refractivity contribution in [3.05, 3.63) is 90.0 Å². The first-order chi connectivity index (χ1) is 16.1. The zero-order valence-electron chi connectivity index (χ0n) is 17.5. The van der Waals surface area contributed by atoms with E-state index in [1.54, 1.807) is 36.0 Å². The van der Waals surface area contributed by atoms with E-state index in [9.17, 15) is 9.59 Å². The number of aromatic nitrogens is 4. The number of thioether (sulfide) groups is 1. The Balaban J connectivity index is 1.41. The van der Waals surface area contributed by atoms with Crippen molar-refractivity contribution in [2.45, 2.75) is 17.5 Å². The first kappa shape index (κ1) is 20.9. The van der Waals surface area contributed by atoms with Gasteiger partial charge in [0, 0.05) is 21.8 Å². The summed E-state index contributed by atoms with van der Waals surface area (Å²) in [6.07, 6.45) is 0. The van der Waals surface area contributed by atoms with Crippen LogP contribution in [-0.4, -0.2) is 37.8 Å². The molecule has 0 fully saturated rings. The largest absolute Gasteiger partial charge is 0.366 e. The summed E-state index contributed by atoms with van der Waals surface area (Å²) in [5.41, 5.74) is 8.33. The average Bonchev–Trinajstić information content (AvgIpc) is 3.32. The maximum Gasteiger partial charge on any atom is 0.251 e. The molecule has 2 heterocycles. The number of anilines is 1. The van der Waals surface area contributed by atoms with Gasteiger partial charge in [0.15, 0.2) is 0 Å². The molecule has 8 nitrogen and oxygen atoms in total. The van der Waals surface area contributed by atoms with Crippen LogP contribution in [0.25, 0.3) is 11.4 Å². The van der Waals surface area contributed by atoms with E-state index >= 15 is 0 Å². The van der Waals surface area contributed by atoms with Crippen molar-refractivity contribution in [1.82, 2.24) is 20.2 Å². The SMILES string of the molecule is NC(=O)c1ccc(-c2nnn(CC(=O)N3c4ccccc4SC[C@H]3c3ccccc3)n2)cc1. The number of carbonyl (C=O) groups excluding carboxylic acids is 2. The minimum atomic E-state index is -0.503. The lowest BCUT2D eigenvalue weighted by Gasteiger charge is -2.37. The van der Waals surface area contributed by atoms with Crippen LogP contribution in [0.5, 0.6) is 0 Å². The number of tetrazole rings is 1. The van der Waals surface area contributed by atoms with Gasteiger partial charge in [0.05, 0.1) is 11.7 Å². The standard InChI is InChI=1S/C24H20N6O2S/c25-23(32)17-10-12-18(13-11-17)24-26-28-29(27-24)14-22(31)30-19-8-4-5-9-21(19)33-15-20(30)16-6-2-1-3-7-16/h1-13,20H,14-15H2,(H2,25,32)/t20-/m0/s1. The second-order valence-electron chi connectivity index (χ2n) is 7.55. The fourth-order valence-electron chi connectivity index (χ4n) is 3.82. The molecule has 9 heteroatoms. The topological polar surface area (TPSA) is 107 Å². The van der Waals surface area contributed by atoms with Crippen LogP contribution in [0.15, 0.2) is 83.8 Å². The van der Waals surface area contributed by atoms with Crippen LogP contribution in [0.2, 0.25) is 0 Å². The van der Waals surface area contributed by atoms with E-state index in [2.05, 4.69) is 15.4 Å². The summed E-state index contributed by atoms with van der Waals surface area (Å²) in [5, 5.41) is 12.5. The van der Waals surface area contributed by atoms with Gasteiger partial charge in [-0.05, 0) is 35.0 Å². The number of fused-ring (bicyclic) bond motifs is 1. The molecule has 1 aliphatic rings. The summed E-state index contributed by atoms with van der Waals surface area (Å²) in [4.78, 5) is 29.0. The van der Waals surface area contributed by atoms with Crippen LogP contribution in [0, 0.1) is 0 Å². The summed E-state index contributed by atoms with van der Waals surface area (Å²) in [6.45, 7) is -0.0469. The molecule has 3 aromatic carbocycles. The Kier molecular flexibility index (Phi) is 5.62. The third-order valence-electron chi connectivity index (χ3n) is 5.44. The second-order valence-corrected chi connectivity index (χ2v) is 8.62. The molecule has 164 valence electrons. The number of carbonyl (C=O) groups is 2. The molecule has 1 aromatic heterocycles. The summed E-state index contributed by atoms with van der Waals surface area (Å²) < 4.78 is 0. The van der Waals surface area contributed by atoms with Crippen molar-refractivity contribution in [2.24, 2.45) is 5.73 Å². The van der Waals surface area contributed by atoms with Crippen LogP contribution < -0.4 is 10.6 Å². The molecule has 5 rings (SSSR count). The molecule has 0 bridgehead atoms. The zero-order chi connectivity index (χ0) is 22.8. The molecular weight excluding hydrogens is 436 g/mol. The van der Waals surface area contributed by atoms with Gasteiger partial charge >= 0.3 is 0 Å². The molecule has 4 aromatic rings. The third kappa shape index (κ3) is 4.22. The number of benzene rings is 3. The van der Waals surface area contributed by atoms with Crippen molar-refractivity contribution in [3.63, 3.8) is 0 Å². The van der Waals surface area contributed by atoms with E-state index in [1.165, 1.54) is 4.80 Å². The highest BCUT2D eigenvalue weighted by molar-refractivity contribution is 7.99. The summed E-state index contributed by atoms with van der Waals surface area (Å²) >= 11 is 1.75. The van der Waals surface area contributed by atoms with Gasteiger partial charge in [0.25, 0.3) is 5.91 Å². The molecule has 2 N–H and O–H groups in total. The van der Waals surface area contributed by atoms with Crippen molar-refractivity contribution < 1.29 is 9.59 Å². The smallest absolute Gasteiger partial charge is 0.251 e. The van der Waals surface area contributed by atoms with Crippen LogP contribution in [0.4, 0.5) is 5.69 Å². The molecule has 0 saturated carbocycles. The van der Waals surface area contributed by atoms with E-state index in [0.29, 0.717) is 17.0 Å². The monoisotopic (exact) mass is 456 g/mol. The third-order valence-corrected chi connectivity index (χ3v) is 6.58. The minimum absolute atomic E-state index is 0.0469. The number of amides is 2. The number of hydrogen-bond acceptors (Lipinski definition) is 6. The number of primary amides is 1. The Hall–Kier alpha value is -3.98. The number of nitrogens with zero attached hydrogens (tertiary/aromatic N) is 5. The fraction of sp³-hybridized carbons (Fsp3) is 0.125. The van der Waals surface area contributed by atoms with Crippen molar-refractivity contribution in [3.8, 4) is 11.4 Å². The Morgan fingerprint density at radius 3 is 2.45 bits per heavy atom. The highest BCUT2D eigenvalue weighted by Gasteiger charge is 2.32. The van der Waals surface area contributed by atoms with Crippen molar-refractivity contribution in [2.75, 3.05) is 10.7 Å². The molecule has 0 saturated heterocycles. The van der Waals surface area contributed by atoms with E-state index in [1.807, 2.05) is 59.5 Å². The van der Waals surface area contributed by atoms with E-state index in [4.69, 9.17) is 5.73 Å². The van der Waals surface area contributed by atoms with Gasteiger partial charge in [-0.15, -0.1) is 22.0 Å². The van der Waals surface area contributed by atoms with Gasteiger partial charge in [-0.25, -0.2) is 0 Å². The molecule has 0 spiro atoms. The molecule has 0 aliphatic carbocycles. The van der Waals surface area contributed by atoms with Gasteiger partial charge in [0.1, 0.15) is 6.54 Å². The van der Waals surface area contributed by atoms with E-state index in [-0.39, 0.29) is 18.5 Å². The molecule has 0 unspecified atom stereocenters. The van der Waals surface area contributed by atoms with E-state index < -0.39 is 5.91 Å². The van der Waals surface area contributed by atoms with Crippen LogP contribution in [-0.2, 0) is 11.3 Å². The van der Waals surface area contributed by atoms with Crippen LogP contribution >= 0.6 is 11.8 Å². The highest BCUT2D eigenvalue weighted by Crippen LogP contribution is 2.43. The molecule has 1 aliphatic heterocycles. The van der Waals surface area contributed by atoms with Crippen LogP contribution in [0.1, 0.15) is 22.0 Å². The lowest BCUT2D eigenvalue weighted by atomic mass is 10.1. The number of rotatable bonds is 5. The Morgan fingerprint density at radius 2 is 1.70 bits per heavy atom. The van der Waals surface area contributed by atoms with Crippen LogP contribution in [0.3, 0.4) is 0 Å². The fourth-order valence-corrected chi connectivity index (χ4v) is 4.99. The highest BCUT2D eigenvalue weighted by atomic mass is 32.2. The van der Waals surface area contributed by atoms with Crippen molar-refractivity contribution >= 4 is 29.3 Å². The van der Waals surface area contributed by atoms with Gasteiger partial charge < -0.3 is 10.6 Å². The lowest BCUT2D eigenvalue weighted by molar-refractivity contribution is -0.120. The molecular formula is C24H20N6O2S. The maximum absolute atomic E-state index is 13.5. The lowest BCUT2D eigenvalue weighted by Crippen LogP contribution is -2.40. The zero-order valence-corrected chi connectivity index (χ0v) is 18.4. The van der Waals surface area contributed by atoms with Gasteiger partial charge in [-0.3, -0.25) is 9.59 Å².